The minimum Gasteiger partial charge on any atom is -0.497 e. The Labute approximate surface area is 186 Å². The summed E-state index contributed by atoms with van der Waals surface area (Å²) in [6.07, 6.45) is 3.75. The van der Waals surface area contributed by atoms with E-state index in [2.05, 4.69) is 21.1 Å². The predicted molar refractivity (Wildman–Crippen MR) is 124 cm³/mol. The van der Waals surface area contributed by atoms with E-state index in [1.807, 2.05) is 48.5 Å². The molecule has 0 radical (unpaired) electrons. The van der Waals surface area contributed by atoms with Gasteiger partial charge in [0.1, 0.15) is 11.5 Å². The van der Waals surface area contributed by atoms with Crippen LogP contribution in [0.15, 0.2) is 58.7 Å². The van der Waals surface area contributed by atoms with E-state index in [-0.39, 0.29) is 11.8 Å². The Kier molecular flexibility index (Phi) is 10.7. The average molecular weight is 443 g/mol. The number of hydrogen-bond acceptors (Lipinski definition) is 7. The van der Waals surface area contributed by atoms with E-state index in [4.69, 9.17) is 9.47 Å². The summed E-state index contributed by atoms with van der Waals surface area (Å²) in [5.41, 5.74) is 6.63. The maximum atomic E-state index is 11.8. The summed E-state index contributed by atoms with van der Waals surface area (Å²) in [6, 6.07) is 14.7. The highest BCUT2D eigenvalue weighted by Crippen LogP contribution is 2.11. The topological polar surface area (TPSA) is 101 Å². The molecule has 2 aromatic rings. The van der Waals surface area contributed by atoms with Gasteiger partial charge in [-0.05, 0) is 35.4 Å². The highest BCUT2D eigenvalue weighted by Gasteiger charge is 2.03. The van der Waals surface area contributed by atoms with Crippen molar-refractivity contribution < 1.29 is 19.1 Å². The molecule has 2 rings (SSSR count). The summed E-state index contributed by atoms with van der Waals surface area (Å²) in [7, 11) is 3.18. The number of hydrogen-bond donors (Lipinski definition) is 2. The maximum Gasteiger partial charge on any atom is 0.240 e. The summed E-state index contributed by atoms with van der Waals surface area (Å²) in [5, 5.41) is 7.87. The van der Waals surface area contributed by atoms with Gasteiger partial charge in [-0.1, -0.05) is 24.3 Å². The van der Waals surface area contributed by atoms with Crippen molar-refractivity contribution in [2.45, 2.75) is 12.8 Å². The first kappa shape index (κ1) is 23.9. The fourth-order valence-corrected chi connectivity index (χ4v) is 3.21. The van der Waals surface area contributed by atoms with Crippen molar-refractivity contribution in [3.8, 4) is 11.5 Å². The van der Waals surface area contributed by atoms with E-state index in [0.717, 1.165) is 22.6 Å². The van der Waals surface area contributed by atoms with E-state index in [1.54, 1.807) is 26.6 Å². The molecule has 0 fully saturated rings. The maximum absolute atomic E-state index is 11.8. The molecule has 0 unspecified atom stereocenters. The molecule has 0 aromatic heterocycles. The Bertz CT molecular complexity index is 844. The van der Waals surface area contributed by atoms with Gasteiger partial charge in [-0.15, -0.1) is 0 Å². The van der Waals surface area contributed by atoms with Crippen LogP contribution in [0.4, 0.5) is 0 Å². The second-order valence-electron chi connectivity index (χ2n) is 6.25. The molecule has 164 valence electrons. The van der Waals surface area contributed by atoms with Crippen LogP contribution in [0.3, 0.4) is 0 Å². The number of hydrazone groups is 2. The average Bonchev–Trinajstić information content (AvgIpc) is 2.79. The summed E-state index contributed by atoms with van der Waals surface area (Å²) < 4.78 is 10.3. The van der Waals surface area contributed by atoms with Crippen LogP contribution in [-0.2, 0) is 9.59 Å². The molecule has 8 nitrogen and oxygen atoms in total. The van der Waals surface area contributed by atoms with Crippen molar-refractivity contribution in [3.63, 3.8) is 0 Å². The van der Waals surface area contributed by atoms with Crippen molar-refractivity contribution in [1.29, 1.82) is 0 Å². The van der Waals surface area contributed by atoms with Crippen LogP contribution in [0, 0.1) is 0 Å². The van der Waals surface area contributed by atoms with Crippen molar-refractivity contribution in [2.75, 3.05) is 25.7 Å². The lowest BCUT2D eigenvalue weighted by molar-refractivity contribution is -0.121. The van der Waals surface area contributed by atoms with Crippen LogP contribution in [0.25, 0.3) is 0 Å². The van der Waals surface area contributed by atoms with E-state index in [1.165, 1.54) is 11.8 Å². The van der Waals surface area contributed by atoms with Crippen molar-refractivity contribution in [2.24, 2.45) is 10.2 Å². The highest BCUT2D eigenvalue weighted by molar-refractivity contribution is 7.99. The molecule has 0 spiro atoms. The number of carbonyl (C=O) groups is 2. The third kappa shape index (κ3) is 9.81. The molecule has 9 heteroatoms. The molecule has 0 saturated carbocycles. The van der Waals surface area contributed by atoms with Crippen LogP contribution in [0.5, 0.6) is 11.5 Å². The summed E-state index contributed by atoms with van der Waals surface area (Å²) >= 11 is 1.52. The number of methoxy groups -OCH3 is 2. The lowest BCUT2D eigenvalue weighted by atomic mass is 10.2. The number of ether oxygens (including phenoxy) is 2. The number of rotatable bonds is 12. The van der Waals surface area contributed by atoms with Gasteiger partial charge in [0.25, 0.3) is 0 Å². The second-order valence-corrected chi connectivity index (χ2v) is 7.48. The Hall–Kier alpha value is -3.33. The third-order valence-corrected chi connectivity index (χ3v) is 4.93. The van der Waals surface area contributed by atoms with Gasteiger partial charge in [0.15, 0.2) is 0 Å². The minimum absolute atomic E-state index is 0.181. The molecule has 2 aromatic carbocycles. The van der Waals surface area contributed by atoms with Crippen LogP contribution < -0.4 is 20.3 Å². The quantitative estimate of drug-likeness (QED) is 0.299. The Morgan fingerprint density at radius 1 is 0.839 bits per heavy atom. The lowest BCUT2D eigenvalue weighted by Gasteiger charge is -2.02. The molecule has 0 aliphatic heterocycles. The Morgan fingerprint density at radius 2 is 1.29 bits per heavy atom. The van der Waals surface area contributed by atoms with Gasteiger partial charge in [0.05, 0.1) is 26.6 Å². The molecular weight excluding hydrogens is 416 g/mol. The Balaban J connectivity index is 1.56. The molecule has 0 aliphatic rings. The molecule has 31 heavy (non-hydrogen) atoms. The molecule has 0 atom stereocenters. The fourth-order valence-electron chi connectivity index (χ4n) is 2.34. The number of carbonyl (C=O) groups excluding carboxylic acids is 2. The van der Waals surface area contributed by atoms with Crippen molar-refractivity contribution in [1.82, 2.24) is 10.9 Å². The summed E-state index contributed by atoms with van der Waals surface area (Å²) in [6.45, 7) is 0. The highest BCUT2D eigenvalue weighted by atomic mass is 32.2. The first-order chi connectivity index (χ1) is 15.1. The first-order valence-corrected chi connectivity index (χ1v) is 10.8. The predicted octanol–water partition coefficient (Wildman–Crippen LogP) is 2.82. The largest absolute Gasteiger partial charge is 0.497 e. The molecule has 2 N–H and O–H groups in total. The van der Waals surface area contributed by atoms with Gasteiger partial charge in [0, 0.05) is 24.3 Å². The zero-order valence-corrected chi connectivity index (χ0v) is 18.4. The number of thioether (sulfide) groups is 1. The zero-order valence-electron chi connectivity index (χ0n) is 17.5. The first-order valence-electron chi connectivity index (χ1n) is 9.60. The molecule has 0 bridgehead atoms. The monoisotopic (exact) mass is 442 g/mol. The van der Waals surface area contributed by atoms with Gasteiger partial charge in [-0.2, -0.15) is 22.0 Å². The van der Waals surface area contributed by atoms with E-state index < -0.39 is 0 Å². The smallest absolute Gasteiger partial charge is 0.240 e. The Morgan fingerprint density at radius 3 is 1.71 bits per heavy atom. The second kappa shape index (κ2) is 13.8. The van der Waals surface area contributed by atoms with Gasteiger partial charge in [-0.3, -0.25) is 9.59 Å². The number of nitrogens with zero attached hydrogens (tertiary/aromatic N) is 2. The zero-order chi connectivity index (χ0) is 22.3. The van der Waals surface area contributed by atoms with Crippen molar-refractivity contribution >= 4 is 36.0 Å². The van der Waals surface area contributed by atoms with Crippen LogP contribution in [0.1, 0.15) is 24.0 Å². The van der Waals surface area contributed by atoms with Gasteiger partial charge in [0.2, 0.25) is 11.8 Å². The van der Waals surface area contributed by atoms with Crippen LogP contribution in [0.2, 0.25) is 0 Å². The number of amides is 2. The molecule has 0 heterocycles. The summed E-state index contributed by atoms with van der Waals surface area (Å²) in [4.78, 5) is 23.6. The molecule has 0 aliphatic carbocycles. The van der Waals surface area contributed by atoms with Gasteiger partial charge >= 0.3 is 0 Å². The van der Waals surface area contributed by atoms with Crippen molar-refractivity contribution in [3.05, 3.63) is 59.7 Å². The van der Waals surface area contributed by atoms with Crippen LogP contribution >= 0.6 is 11.8 Å². The van der Waals surface area contributed by atoms with E-state index in [9.17, 15) is 9.59 Å². The molecule has 2 amide bonds. The molecule has 0 saturated heterocycles. The summed E-state index contributed by atoms with van der Waals surface area (Å²) in [5.74, 6) is 2.28. The third-order valence-electron chi connectivity index (χ3n) is 3.94. The fraction of sp³-hybridized carbons (Fsp3) is 0.273. The van der Waals surface area contributed by atoms with Crippen LogP contribution in [-0.4, -0.2) is 50.0 Å². The van der Waals surface area contributed by atoms with E-state index in [0.29, 0.717) is 24.3 Å². The normalized spacial score (nSPS) is 10.9. The standard InChI is InChI=1S/C22H26N4O4S/c1-29-19-7-3-5-17(13-19)15-23-25-21(27)9-11-31-12-10-22(28)26-24-16-18-6-4-8-20(14-18)30-2/h3-8,13-16H,9-12H2,1-2H3,(H,25,27)(H,26,28)/b23-15-,24-16-. The number of nitrogens with one attached hydrogen (secondary N) is 2. The molecular formula is C22H26N4O4S. The van der Waals surface area contributed by atoms with E-state index >= 15 is 0 Å². The van der Waals surface area contributed by atoms with Gasteiger partial charge in [-0.25, -0.2) is 10.9 Å². The lowest BCUT2D eigenvalue weighted by Crippen LogP contribution is -2.19. The SMILES string of the molecule is COc1cccc(/C=N\NC(=O)CCSCCC(=O)N/N=C\c2cccc(OC)c2)c1. The van der Waals surface area contributed by atoms with Gasteiger partial charge < -0.3 is 9.47 Å². The number of benzene rings is 2. The minimum atomic E-state index is -0.181.